The SMILES string of the molecule is COc1ccc(C(O[C@H]2[C@@H](O)[C@H](n3ccc(N)nc3=O)O[C@@H]2CO)(c2ccccc2)c2ccc(OC)cc2)cc1. The van der Waals surface area contributed by atoms with Crippen LogP contribution in [0.5, 0.6) is 11.5 Å². The maximum atomic E-state index is 12.6. The van der Waals surface area contributed by atoms with E-state index in [0.717, 1.165) is 21.3 Å². The molecule has 0 unspecified atom stereocenters. The second-order valence-corrected chi connectivity index (χ2v) is 9.37. The van der Waals surface area contributed by atoms with E-state index in [0.29, 0.717) is 11.5 Å². The molecule has 0 aliphatic carbocycles. The average molecular weight is 546 g/mol. The van der Waals surface area contributed by atoms with Crippen LogP contribution >= 0.6 is 0 Å². The summed E-state index contributed by atoms with van der Waals surface area (Å²) in [7, 11) is 3.18. The van der Waals surface area contributed by atoms with Gasteiger partial charge in [-0.05, 0) is 47.0 Å². The number of rotatable bonds is 9. The molecule has 4 aromatic rings. The fourth-order valence-corrected chi connectivity index (χ4v) is 5.09. The molecule has 208 valence electrons. The van der Waals surface area contributed by atoms with Crippen LogP contribution in [0, 0.1) is 0 Å². The number of hydrogen-bond donors (Lipinski definition) is 3. The van der Waals surface area contributed by atoms with E-state index >= 15 is 0 Å². The number of aliphatic hydroxyl groups excluding tert-OH is 2. The monoisotopic (exact) mass is 545 g/mol. The molecule has 0 amide bonds. The molecule has 5 rings (SSSR count). The normalized spacial score (nSPS) is 20.8. The first-order chi connectivity index (χ1) is 19.4. The lowest BCUT2D eigenvalue weighted by Gasteiger charge is -2.39. The third-order valence-corrected chi connectivity index (χ3v) is 7.10. The second-order valence-electron chi connectivity index (χ2n) is 9.37. The quantitative estimate of drug-likeness (QED) is 0.271. The summed E-state index contributed by atoms with van der Waals surface area (Å²) < 4.78 is 24.9. The first-order valence-corrected chi connectivity index (χ1v) is 12.7. The molecule has 10 heteroatoms. The zero-order chi connectivity index (χ0) is 28.3. The van der Waals surface area contributed by atoms with E-state index in [4.69, 9.17) is 24.7 Å². The summed E-state index contributed by atoms with van der Waals surface area (Å²) in [6.45, 7) is -0.467. The van der Waals surface area contributed by atoms with Crippen LogP contribution in [0.15, 0.2) is 95.9 Å². The van der Waals surface area contributed by atoms with Crippen molar-refractivity contribution in [3.63, 3.8) is 0 Å². The third kappa shape index (κ3) is 4.93. The number of aliphatic hydroxyl groups is 2. The molecule has 1 aromatic heterocycles. The van der Waals surface area contributed by atoms with Crippen LogP contribution in [0.1, 0.15) is 22.9 Å². The first kappa shape index (κ1) is 27.4. The van der Waals surface area contributed by atoms with Crippen LogP contribution in [0.25, 0.3) is 0 Å². The summed E-state index contributed by atoms with van der Waals surface area (Å²) in [6.07, 6.45) is -3.15. The van der Waals surface area contributed by atoms with Gasteiger partial charge in [-0.1, -0.05) is 54.6 Å². The lowest BCUT2D eigenvalue weighted by molar-refractivity contribution is -0.112. The largest absolute Gasteiger partial charge is 0.497 e. The third-order valence-electron chi connectivity index (χ3n) is 7.10. The Labute approximate surface area is 231 Å². The van der Waals surface area contributed by atoms with Crippen molar-refractivity contribution in [1.82, 2.24) is 9.55 Å². The van der Waals surface area contributed by atoms with Gasteiger partial charge < -0.3 is 34.9 Å². The molecule has 1 saturated heterocycles. The van der Waals surface area contributed by atoms with Gasteiger partial charge in [0.2, 0.25) is 0 Å². The summed E-state index contributed by atoms with van der Waals surface area (Å²) in [5.74, 6) is 1.36. The molecule has 1 fully saturated rings. The van der Waals surface area contributed by atoms with Crippen molar-refractivity contribution < 1.29 is 29.2 Å². The Morgan fingerprint density at radius 3 is 1.95 bits per heavy atom. The summed E-state index contributed by atoms with van der Waals surface area (Å²) >= 11 is 0. The zero-order valence-electron chi connectivity index (χ0n) is 22.1. The van der Waals surface area contributed by atoms with E-state index in [-0.39, 0.29) is 5.82 Å². The lowest BCUT2D eigenvalue weighted by atomic mass is 9.79. The smallest absolute Gasteiger partial charge is 0.351 e. The Kier molecular flexibility index (Phi) is 7.85. The van der Waals surface area contributed by atoms with Crippen LogP contribution in [0.4, 0.5) is 5.82 Å². The van der Waals surface area contributed by atoms with E-state index in [1.165, 1.54) is 12.3 Å². The van der Waals surface area contributed by atoms with Crippen molar-refractivity contribution in [2.24, 2.45) is 0 Å². The van der Waals surface area contributed by atoms with Crippen LogP contribution < -0.4 is 20.9 Å². The van der Waals surface area contributed by atoms with Gasteiger partial charge in [0.1, 0.15) is 41.2 Å². The molecular formula is C30H31N3O7. The van der Waals surface area contributed by atoms with Gasteiger partial charge in [-0.15, -0.1) is 0 Å². The van der Waals surface area contributed by atoms with Gasteiger partial charge in [-0.2, -0.15) is 4.98 Å². The van der Waals surface area contributed by atoms with Gasteiger partial charge in [-0.25, -0.2) is 4.79 Å². The van der Waals surface area contributed by atoms with Crippen molar-refractivity contribution in [1.29, 1.82) is 0 Å². The summed E-state index contributed by atoms with van der Waals surface area (Å²) in [5, 5.41) is 21.9. The minimum Gasteiger partial charge on any atom is -0.497 e. The van der Waals surface area contributed by atoms with Crippen LogP contribution in [0.3, 0.4) is 0 Å². The minimum absolute atomic E-state index is 0.0438. The van der Waals surface area contributed by atoms with Crippen molar-refractivity contribution in [3.05, 3.63) is 118 Å². The predicted octanol–water partition coefficient (Wildman–Crippen LogP) is 2.47. The number of anilines is 1. The molecule has 4 N–H and O–H groups in total. The number of methoxy groups -OCH3 is 2. The number of benzene rings is 3. The number of nitrogens with two attached hydrogens (primary N) is 1. The molecule has 10 nitrogen and oxygen atoms in total. The zero-order valence-corrected chi connectivity index (χ0v) is 22.1. The van der Waals surface area contributed by atoms with Crippen molar-refractivity contribution in [2.75, 3.05) is 26.6 Å². The van der Waals surface area contributed by atoms with Crippen LogP contribution in [-0.4, -0.2) is 58.9 Å². The van der Waals surface area contributed by atoms with Gasteiger partial charge in [0, 0.05) is 6.20 Å². The van der Waals surface area contributed by atoms with E-state index in [2.05, 4.69) is 4.98 Å². The molecule has 0 spiro atoms. The van der Waals surface area contributed by atoms with Crippen molar-refractivity contribution in [2.45, 2.75) is 30.1 Å². The first-order valence-electron chi connectivity index (χ1n) is 12.7. The average Bonchev–Trinajstić information content (AvgIpc) is 3.30. The van der Waals surface area contributed by atoms with Crippen molar-refractivity contribution >= 4 is 5.82 Å². The fourth-order valence-electron chi connectivity index (χ4n) is 5.09. The molecule has 1 aliphatic rings. The summed E-state index contributed by atoms with van der Waals surface area (Å²) in [5.41, 5.74) is 5.93. The maximum Gasteiger partial charge on any atom is 0.351 e. The van der Waals surface area contributed by atoms with Crippen LogP contribution in [-0.2, 0) is 15.1 Å². The molecule has 40 heavy (non-hydrogen) atoms. The molecule has 4 atom stereocenters. The summed E-state index contributed by atoms with van der Waals surface area (Å²) in [4.78, 5) is 16.3. The molecule has 0 saturated carbocycles. The van der Waals surface area contributed by atoms with Crippen molar-refractivity contribution in [3.8, 4) is 11.5 Å². The Morgan fingerprint density at radius 1 is 0.900 bits per heavy atom. The molecule has 1 aliphatic heterocycles. The van der Waals surface area contributed by atoms with E-state index < -0.39 is 42.4 Å². The van der Waals surface area contributed by atoms with E-state index in [9.17, 15) is 15.0 Å². The van der Waals surface area contributed by atoms with Gasteiger partial charge >= 0.3 is 5.69 Å². The standard InChI is InChI=1S/C30H31N3O7/c1-37-22-12-8-20(9-13-22)30(19-6-4-3-5-7-19,21-10-14-23(38-2)15-11-21)40-27-24(18-34)39-28(26(27)35)33-17-16-25(31)32-29(33)36/h3-17,24,26-28,34-35H,18H2,1-2H3,(H2,31,32,36)/t24-,26-,27-,28-/m1/s1. The maximum absolute atomic E-state index is 12.6. The van der Waals surface area contributed by atoms with Gasteiger partial charge in [0.15, 0.2) is 6.23 Å². The fraction of sp³-hybridized carbons (Fsp3) is 0.267. The molecule has 0 bridgehead atoms. The number of hydrogen-bond acceptors (Lipinski definition) is 9. The highest BCUT2D eigenvalue weighted by Crippen LogP contribution is 2.45. The number of aromatic nitrogens is 2. The molecule has 0 radical (unpaired) electrons. The predicted molar refractivity (Wildman–Crippen MR) is 147 cm³/mol. The Hall–Kier alpha value is -4.22. The topological polar surface area (TPSA) is 138 Å². The number of nitrogens with zero attached hydrogens (tertiary/aromatic N) is 2. The van der Waals surface area contributed by atoms with Crippen LogP contribution in [0.2, 0.25) is 0 Å². The van der Waals surface area contributed by atoms with Gasteiger partial charge in [0.25, 0.3) is 0 Å². The minimum atomic E-state index is -1.35. The molecule has 3 aromatic carbocycles. The molecule has 2 heterocycles. The Morgan fingerprint density at radius 2 is 1.45 bits per heavy atom. The second kappa shape index (κ2) is 11.5. The number of nitrogen functional groups attached to an aromatic ring is 1. The lowest BCUT2D eigenvalue weighted by Crippen LogP contribution is -2.45. The molecular weight excluding hydrogens is 514 g/mol. The van der Waals surface area contributed by atoms with E-state index in [1.54, 1.807) is 14.2 Å². The van der Waals surface area contributed by atoms with E-state index in [1.807, 2.05) is 78.9 Å². The highest BCUT2D eigenvalue weighted by molar-refractivity contribution is 5.50. The van der Waals surface area contributed by atoms with Gasteiger partial charge in [0.05, 0.1) is 20.8 Å². The van der Waals surface area contributed by atoms with Gasteiger partial charge in [-0.3, -0.25) is 4.57 Å². The number of ether oxygens (including phenoxy) is 4. The summed E-state index contributed by atoms with van der Waals surface area (Å²) in [6, 6.07) is 25.8. The highest BCUT2D eigenvalue weighted by Gasteiger charge is 2.51. The Bertz CT molecular complexity index is 1430. The highest BCUT2D eigenvalue weighted by atomic mass is 16.6. The Balaban J connectivity index is 1.68.